The highest BCUT2D eigenvalue weighted by molar-refractivity contribution is 5.95. The van der Waals surface area contributed by atoms with Crippen LogP contribution in [-0.4, -0.2) is 15.9 Å². The highest BCUT2D eigenvalue weighted by Gasteiger charge is 2.08. The van der Waals surface area contributed by atoms with Gasteiger partial charge in [0.25, 0.3) is 0 Å². The monoisotopic (exact) mass is 389 g/mol. The number of fused-ring (bicyclic) bond motifs is 1. The van der Waals surface area contributed by atoms with Crippen molar-refractivity contribution in [2.75, 3.05) is 5.32 Å². The maximum absolute atomic E-state index is 13.3. The maximum atomic E-state index is 13.3. The van der Waals surface area contributed by atoms with Gasteiger partial charge in [-0.15, -0.1) is 0 Å². The van der Waals surface area contributed by atoms with Crippen LogP contribution in [-0.2, 0) is 4.79 Å². The van der Waals surface area contributed by atoms with Gasteiger partial charge < -0.3 is 10.3 Å². The number of halogens is 2. The van der Waals surface area contributed by atoms with E-state index >= 15 is 0 Å². The number of imidazole rings is 1. The zero-order chi connectivity index (χ0) is 20.4. The van der Waals surface area contributed by atoms with Gasteiger partial charge in [0.2, 0.25) is 5.91 Å². The van der Waals surface area contributed by atoms with E-state index in [0.717, 1.165) is 40.0 Å². The van der Waals surface area contributed by atoms with Crippen LogP contribution in [0, 0.1) is 11.6 Å². The van der Waals surface area contributed by atoms with Crippen LogP contribution in [0.15, 0.2) is 60.7 Å². The fourth-order valence-electron chi connectivity index (χ4n) is 3.10. The first-order valence-corrected chi connectivity index (χ1v) is 8.99. The Morgan fingerprint density at radius 1 is 1.00 bits per heavy atom. The molecule has 0 radical (unpaired) electrons. The molecule has 0 aliphatic carbocycles. The first kappa shape index (κ1) is 18.6. The van der Waals surface area contributed by atoms with E-state index in [1.807, 2.05) is 42.5 Å². The van der Waals surface area contributed by atoms with E-state index in [4.69, 9.17) is 0 Å². The summed E-state index contributed by atoms with van der Waals surface area (Å²) >= 11 is 0. The van der Waals surface area contributed by atoms with Gasteiger partial charge in [-0.2, -0.15) is 0 Å². The second-order valence-corrected chi connectivity index (χ2v) is 6.59. The Labute approximate surface area is 165 Å². The summed E-state index contributed by atoms with van der Waals surface area (Å²) in [6.45, 7) is 1.47. The number of aromatic amines is 1. The zero-order valence-electron chi connectivity index (χ0n) is 15.5. The summed E-state index contributed by atoms with van der Waals surface area (Å²) < 4.78 is 26.4. The first-order chi connectivity index (χ1) is 14.0. The molecule has 0 saturated heterocycles. The lowest BCUT2D eigenvalue weighted by atomic mass is 10.0. The van der Waals surface area contributed by atoms with Crippen molar-refractivity contribution in [3.8, 4) is 11.1 Å². The number of carbonyl (C=O) groups excluding carboxylic acids is 1. The fraction of sp³-hybridized carbons (Fsp3) is 0.0435. The van der Waals surface area contributed by atoms with E-state index < -0.39 is 11.6 Å². The number of anilines is 1. The van der Waals surface area contributed by atoms with Crippen LogP contribution in [0.25, 0.3) is 34.3 Å². The van der Waals surface area contributed by atoms with Gasteiger partial charge in [0.15, 0.2) is 11.6 Å². The Hall–Kier alpha value is -3.80. The molecule has 0 bridgehead atoms. The van der Waals surface area contributed by atoms with Crippen LogP contribution in [0.1, 0.15) is 18.3 Å². The normalized spacial score (nSPS) is 11.3. The van der Waals surface area contributed by atoms with Crippen LogP contribution >= 0.6 is 0 Å². The average molecular weight is 389 g/mol. The zero-order valence-corrected chi connectivity index (χ0v) is 15.5. The van der Waals surface area contributed by atoms with Crippen LogP contribution < -0.4 is 5.32 Å². The smallest absolute Gasteiger partial charge is 0.221 e. The Morgan fingerprint density at radius 2 is 1.83 bits per heavy atom. The molecule has 3 aromatic carbocycles. The molecule has 0 aliphatic rings. The summed E-state index contributed by atoms with van der Waals surface area (Å²) in [6, 6.07) is 17.1. The summed E-state index contributed by atoms with van der Waals surface area (Å²) in [5.74, 6) is -1.31. The lowest BCUT2D eigenvalue weighted by molar-refractivity contribution is -0.114. The SMILES string of the molecule is CC(=O)Nc1ccccc1-c1ccc2[nH]c(C=Cc3ccc(F)c(F)c3)nc2c1. The molecule has 1 amide bonds. The van der Waals surface area contributed by atoms with Gasteiger partial charge in [-0.25, -0.2) is 13.8 Å². The van der Waals surface area contributed by atoms with Gasteiger partial charge in [-0.1, -0.05) is 36.4 Å². The minimum atomic E-state index is -0.890. The number of aromatic nitrogens is 2. The number of para-hydroxylation sites is 1. The molecule has 0 saturated carbocycles. The van der Waals surface area contributed by atoms with Crippen LogP contribution in [0.2, 0.25) is 0 Å². The molecule has 0 spiro atoms. The number of nitrogens with zero attached hydrogens (tertiary/aromatic N) is 1. The van der Waals surface area contributed by atoms with E-state index in [1.54, 1.807) is 12.2 Å². The number of nitrogens with one attached hydrogen (secondary N) is 2. The minimum Gasteiger partial charge on any atom is -0.338 e. The third-order valence-corrected chi connectivity index (χ3v) is 4.43. The largest absolute Gasteiger partial charge is 0.338 e. The molecule has 144 valence electrons. The predicted molar refractivity (Wildman–Crippen MR) is 111 cm³/mol. The summed E-state index contributed by atoms with van der Waals surface area (Å²) in [7, 11) is 0. The minimum absolute atomic E-state index is 0.136. The van der Waals surface area contributed by atoms with Gasteiger partial charge in [0.05, 0.1) is 11.0 Å². The van der Waals surface area contributed by atoms with Crippen molar-refractivity contribution in [1.82, 2.24) is 9.97 Å². The number of carbonyl (C=O) groups is 1. The molecule has 6 heteroatoms. The maximum Gasteiger partial charge on any atom is 0.221 e. The number of benzene rings is 3. The van der Waals surface area contributed by atoms with Crippen molar-refractivity contribution in [3.63, 3.8) is 0 Å². The highest BCUT2D eigenvalue weighted by Crippen LogP contribution is 2.30. The first-order valence-electron chi connectivity index (χ1n) is 8.99. The van der Waals surface area contributed by atoms with E-state index in [-0.39, 0.29) is 5.91 Å². The Kier molecular flexibility index (Phi) is 4.91. The standard InChI is InChI=1S/C23H17F2N3O/c1-14(29)26-20-5-3-2-4-17(20)16-8-10-21-22(13-16)28-23(27-21)11-7-15-6-9-18(24)19(25)12-15/h2-13H,1H3,(H,26,29)(H,27,28). The topological polar surface area (TPSA) is 57.8 Å². The predicted octanol–water partition coefficient (Wildman–Crippen LogP) is 5.64. The number of hydrogen-bond acceptors (Lipinski definition) is 2. The highest BCUT2D eigenvalue weighted by atomic mass is 19.2. The molecule has 0 fully saturated rings. The molecule has 1 heterocycles. The van der Waals surface area contributed by atoms with E-state index in [9.17, 15) is 13.6 Å². The summed E-state index contributed by atoms with van der Waals surface area (Å²) in [6.07, 6.45) is 3.37. The van der Waals surface area contributed by atoms with Crippen LogP contribution in [0.3, 0.4) is 0 Å². The van der Waals surface area contributed by atoms with Crippen molar-refractivity contribution in [3.05, 3.63) is 83.7 Å². The van der Waals surface area contributed by atoms with Crippen LogP contribution in [0.5, 0.6) is 0 Å². The summed E-state index contributed by atoms with van der Waals surface area (Å²) in [4.78, 5) is 19.2. The summed E-state index contributed by atoms with van der Waals surface area (Å²) in [5, 5.41) is 2.84. The molecule has 0 aliphatic heterocycles. The quantitative estimate of drug-likeness (QED) is 0.475. The van der Waals surface area contributed by atoms with E-state index in [0.29, 0.717) is 11.4 Å². The third kappa shape index (κ3) is 4.06. The molecule has 1 aromatic heterocycles. The van der Waals surface area contributed by atoms with Crippen LogP contribution in [0.4, 0.5) is 14.5 Å². The van der Waals surface area contributed by atoms with Crippen molar-refractivity contribution in [2.45, 2.75) is 6.92 Å². The lowest BCUT2D eigenvalue weighted by Gasteiger charge is -2.09. The number of H-pyrrole nitrogens is 1. The van der Waals surface area contributed by atoms with Crippen molar-refractivity contribution < 1.29 is 13.6 Å². The molecule has 2 N–H and O–H groups in total. The Bertz CT molecular complexity index is 1240. The van der Waals surface area contributed by atoms with Gasteiger partial charge in [0.1, 0.15) is 5.82 Å². The average Bonchev–Trinajstić information content (AvgIpc) is 3.11. The van der Waals surface area contributed by atoms with Gasteiger partial charge in [-0.05, 0) is 47.5 Å². The molecule has 0 unspecified atom stereocenters. The second kappa shape index (κ2) is 7.67. The molecular formula is C23H17F2N3O. The van der Waals surface area contributed by atoms with Gasteiger partial charge in [-0.3, -0.25) is 4.79 Å². The third-order valence-electron chi connectivity index (χ3n) is 4.43. The fourth-order valence-corrected chi connectivity index (χ4v) is 3.10. The Morgan fingerprint density at radius 3 is 2.62 bits per heavy atom. The molecule has 4 rings (SSSR count). The van der Waals surface area contributed by atoms with Crippen molar-refractivity contribution >= 4 is 34.8 Å². The molecule has 0 atom stereocenters. The number of hydrogen-bond donors (Lipinski definition) is 2. The van der Waals surface area contributed by atoms with E-state index in [2.05, 4.69) is 15.3 Å². The lowest BCUT2D eigenvalue weighted by Crippen LogP contribution is -2.06. The summed E-state index contributed by atoms with van der Waals surface area (Å²) in [5.41, 5.74) is 4.68. The Balaban J connectivity index is 1.65. The van der Waals surface area contributed by atoms with Gasteiger partial charge in [0, 0.05) is 18.2 Å². The van der Waals surface area contributed by atoms with Gasteiger partial charge >= 0.3 is 0 Å². The van der Waals surface area contributed by atoms with Crippen molar-refractivity contribution in [1.29, 1.82) is 0 Å². The molecule has 4 aromatic rings. The number of amides is 1. The van der Waals surface area contributed by atoms with Crippen molar-refractivity contribution in [2.24, 2.45) is 0 Å². The molecule has 4 nitrogen and oxygen atoms in total. The molecule has 29 heavy (non-hydrogen) atoms. The molecular weight excluding hydrogens is 372 g/mol. The number of rotatable bonds is 4. The second-order valence-electron chi connectivity index (χ2n) is 6.59. The van der Waals surface area contributed by atoms with E-state index in [1.165, 1.54) is 13.0 Å².